The lowest BCUT2D eigenvalue weighted by Crippen LogP contribution is -2.44. The predicted molar refractivity (Wildman–Crippen MR) is 90.0 cm³/mol. The average molecular weight is 333 g/mol. The SMILES string of the molecule is CC(C)NC(=O)Nc1ccc(C(=O)N(C2CC2)C(C)C(=O)O)cc1. The minimum Gasteiger partial charge on any atom is -0.480 e. The van der Waals surface area contributed by atoms with Gasteiger partial charge in [0.15, 0.2) is 0 Å². The van der Waals surface area contributed by atoms with Gasteiger partial charge < -0.3 is 20.6 Å². The number of benzene rings is 1. The van der Waals surface area contributed by atoms with Crippen LogP contribution in [0, 0.1) is 0 Å². The summed E-state index contributed by atoms with van der Waals surface area (Å²) in [4.78, 5) is 36.9. The Balaban J connectivity index is 2.07. The van der Waals surface area contributed by atoms with Crippen LogP contribution >= 0.6 is 0 Å². The summed E-state index contributed by atoms with van der Waals surface area (Å²) >= 11 is 0. The molecule has 0 heterocycles. The van der Waals surface area contributed by atoms with Crippen LogP contribution in [0.25, 0.3) is 0 Å². The molecule has 2 rings (SSSR count). The zero-order valence-corrected chi connectivity index (χ0v) is 14.1. The number of rotatable bonds is 6. The van der Waals surface area contributed by atoms with Crippen molar-refractivity contribution < 1.29 is 19.5 Å². The van der Waals surface area contributed by atoms with Crippen LogP contribution in [-0.2, 0) is 4.79 Å². The summed E-state index contributed by atoms with van der Waals surface area (Å²) < 4.78 is 0. The molecule has 1 aromatic rings. The maximum absolute atomic E-state index is 12.6. The van der Waals surface area contributed by atoms with Gasteiger partial charge in [-0.15, -0.1) is 0 Å². The molecule has 1 aromatic carbocycles. The number of carboxylic acids is 1. The largest absolute Gasteiger partial charge is 0.480 e. The normalized spacial score (nSPS) is 14.8. The van der Waals surface area contributed by atoms with E-state index < -0.39 is 12.0 Å². The number of nitrogens with one attached hydrogen (secondary N) is 2. The first kappa shape index (κ1) is 17.8. The molecule has 0 aliphatic heterocycles. The minimum atomic E-state index is -1.01. The van der Waals surface area contributed by atoms with Gasteiger partial charge in [-0.1, -0.05) is 0 Å². The number of carboxylic acid groups (broad SMARTS) is 1. The highest BCUT2D eigenvalue weighted by molar-refractivity contribution is 5.98. The molecule has 1 atom stereocenters. The highest BCUT2D eigenvalue weighted by Gasteiger charge is 2.38. The van der Waals surface area contributed by atoms with Gasteiger partial charge in [-0.2, -0.15) is 0 Å². The zero-order chi connectivity index (χ0) is 17.9. The smallest absolute Gasteiger partial charge is 0.326 e. The van der Waals surface area contributed by atoms with Crippen molar-refractivity contribution >= 4 is 23.6 Å². The van der Waals surface area contributed by atoms with E-state index in [4.69, 9.17) is 0 Å². The lowest BCUT2D eigenvalue weighted by molar-refractivity contribution is -0.141. The monoisotopic (exact) mass is 333 g/mol. The topological polar surface area (TPSA) is 98.7 Å². The first-order valence-corrected chi connectivity index (χ1v) is 8.02. The second kappa shape index (κ2) is 7.33. The van der Waals surface area contributed by atoms with E-state index in [1.165, 1.54) is 11.8 Å². The van der Waals surface area contributed by atoms with Gasteiger partial charge in [0.05, 0.1) is 0 Å². The Labute approximate surface area is 141 Å². The summed E-state index contributed by atoms with van der Waals surface area (Å²) in [5.74, 6) is -1.32. The van der Waals surface area contributed by atoms with Crippen LogP contribution in [0.15, 0.2) is 24.3 Å². The fraction of sp³-hybridized carbons (Fsp3) is 0.471. The van der Waals surface area contributed by atoms with Crippen molar-refractivity contribution in [1.29, 1.82) is 0 Å². The van der Waals surface area contributed by atoms with Crippen molar-refractivity contribution in [3.63, 3.8) is 0 Å². The molecule has 0 aromatic heterocycles. The number of anilines is 1. The Hall–Kier alpha value is -2.57. The number of nitrogens with zero attached hydrogens (tertiary/aromatic N) is 1. The molecule has 24 heavy (non-hydrogen) atoms. The maximum atomic E-state index is 12.6. The molecule has 1 aliphatic rings. The summed E-state index contributed by atoms with van der Waals surface area (Å²) in [7, 11) is 0. The number of urea groups is 1. The van der Waals surface area contributed by atoms with Crippen molar-refractivity contribution in [2.75, 3.05) is 5.32 Å². The van der Waals surface area contributed by atoms with Crippen LogP contribution in [-0.4, -0.2) is 46.0 Å². The minimum absolute atomic E-state index is 0.00165. The fourth-order valence-corrected chi connectivity index (χ4v) is 2.40. The van der Waals surface area contributed by atoms with E-state index in [1.54, 1.807) is 24.3 Å². The van der Waals surface area contributed by atoms with Crippen LogP contribution < -0.4 is 10.6 Å². The van der Waals surface area contributed by atoms with Gasteiger partial charge >= 0.3 is 12.0 Å². The lowest BCUT2D eigenvalue weighted by Gasteiger charge is -2.26. The summed E-state index contributed by atoms with van der Waals surface area (Å²) in [5.41, 5.74) is 0.971. The molecule has 3 amide bonds. The van der Waals surface area contributed by atoms with Crippen LogP contribution in [0.4, 0.5) is 10.5 Å². The Bertz CT molecular complexity index is 623. The molecule has 1 aliphatic carbocycles. The maximum Gasteiger partial charge on any atom is 0.326 e. The predicted octanol–water partition coefficient (Wildman–Crippen LogP) is 2.29. The number of carbonyl (C=O) groups excluding carboxylic acids is 2. The quantitative estimate of drug-likeness (QED) is 0.744. The first-order valence-electron chi connectivity index (χ1n) is 8.02. The third-order valence-electron chi connectivity index (χ3n) is 3.76. The summed E-state index contributed by atoms with van der Waals surface area (Å²) in [6.45, 7) is 5.24. The van der Waals surface area contributed by atoms with Gasteiger partial charge in [-0.25, -0.2) is 9.59 Å². The lowest BCUT2D eigenvalue weighted by atomic mass is 10.1. The molecule has 3 N–H and O–H groups in total. The number of hydrogen-bond acceptors (Lipinski definition) is 3. The van der Waals surface area contributed by atoms with E-state index in [0.29, 0.717) is 11.3 Å². The molecule has 0 spiro atoms. The number of hydrogen-bond donors (Lipinski definition) is 3. The number of aliphatic carboxylic acids is 1. The molecule has 0 radical (unpaired) electrons. The molecule has 130 valence electrons. The zero-order valence-electron chi connectivity index (χ0n) is 14.1. The van der Waals surface area contributed by atoms with Crippen LogP contribution in [0.2, 0.25) is 0 Å². The second-order valence-corrected chi connectivity index (χ2v) is 6.29. The highest BCUT2D eigenvalue weighted by atomic mass is 16.4. The number of carbonyl (C=O) groups is 3. The molecule has 7 nitrogen and oxygen atoms in total. The second-order valence-electron chi connectivity index (χ2n) is 6.29. The third-order valence-corrected chi connectivity index (χ3v) is 3.76. The van der Waals surface area contributed by atoms with Gasteiger partial charge in [0, 0.05) is 23.3 Å². The Morgan fingerprint density at radius 2 is 1.71 bits per heavy atom. The van der Waals surface area contributed by atoms with E-state index in [2.05, 4.69) is 10.6 Å². The molecule has 1 fully saturated rings. The van der Waals surface area contributed by atoms with Crippen molar-refractivity contribution in [3.8, 4) is 0 Å². The highest BCUT2D eigenvalue weighted by Crippen LogP contribution is 2.30. The summed E-state index contributed by atoms with van der Waals surface area (Å²) in [6, 6.07) is 5.29. The van der Waals surface area contributed by atoms with Gasteiger partial charge in [0.1, 0.15) is 6.04 Å². The van der Waals surface area contributed by atoms with Crippen molar-refractivity contribution in [1.82, 2.24) is 10.2 Å². The van der Waals surface area contributed by atoms with E-state index in [9.17, 15) is 19.5 Å². The Kier molecular flexibility index (Phi) is 5.43. The first-order chi connectivity index (χ1) is 11.3. The van der Waals surface area contributed by atoms with Crippen molar-refractivity contribution in [2.45, 2.75) is 51.7 Å². The van der Waals surface area contributed by atoms with Gasteiger partial charge in [0.25, 0.3) is 5.91 Å². The van der Waals surface area contributed by atoms with E-state index in [-0.39, 0.29) is 24.0 Å². The van der Waals surface area contributed by atoms with Crippen LogP contribution in [0.5, 0.6) is 0 Å². The van der Waals surface area contributed by atoms with Gasteiger partial charge in [0.2, 0.25) is 0 Å². The Morgan fingerprint density at radius 1 is 1.12 bits per heavy atom. The van der Waals surface area contributed by atoms with Crippen molar-refractivity contribution in [3.05, 3.63) is 29.8 Å². The molecule has 7 heteroatoms. The molecule has 1 unspecified atom stereocenters. The van der Waals surface area contributed by atoms with Gasteiger partial charge in [-0.05, 0) is 57.9 Å². The summed E-state index contributed by atoms with van der Waals surface area (Å²) in [6.07, 6.45) is 1.66. The third kappa shape index (κ3) is 4.47. The standard InChI is InChI=1S/C17H23N3O4/c1-10(2)18-17(24)19-13-6-4-12(5-7-13)15(21)20(14-8-9-14)11(3)16(22)23/h4-7,10-11,14H,8-9H2,1-3H3,(H,22,23)(H2,18,19,24). The molecular weight excluding hydrogens is 310 g/mol. The van der Waals surface area contributed by atoms with Crippen LogP contribution in [0.3, 0.4) is 0 Å². The van der Waals surface area contributed by atoms with Gasteiger partial charge in [-0.3, -0.25) is 4.79 Å². The van der Waals surface area contributed by atoms with E-state index in [1.807, 2.05) is 13.8 Å². The molecule has 0 bridgehead atoms. The van der Waals surface area contributed by atoms with Crippen LogP contribution in [0.1, 0.15) is 44.0 Å². The molecular formula is C17H23N3O4. The fourth-order valence-electron chi connectivity index (χ4n) is 2.40. The number of amides is 3. The molecule has 0 saturated heterocycles. The molecule has 1 saturated carbocycles. The average Bonchev–Trinajstić information content (AvgIpc) is 3.31. The van der Waals surface area contributed by atoms with Crippen molar-refractivity contribution in [2.24, 2.45) is 0 Å². The Morgan fingerprint density at radius 3 is 2.17 bits per heavy atom. The van der Waals surface area contributed by atoms with E-state index in [0.717, 1.165) is 12.8 Å². The summed E-state index contributed by atoms with van der Waals surface area (Å²) in [5, 5.41) is 14.6. The van der Waals surface area contributed by atoms with E-state index >= 15 is 0 Å².